The SMILES string of the molecule is CC(C)C(NC(=O)CSc1nnc(-c2ccc(F)cc2)n1CC1CCCO1)c1ccccc1. The topological polar surface area (TPSA) is 69.0 Å². The first-order valence-electron chi connectivity index (χ1n) is 11.3. The van der Waals surface area contributed by atoms with E-state index in [0.29, 0.717) is 17.5 Å². The highest BCUT2D eigenvalue weighted by atomic mass is 32.2. The van der Waals surface area contributed by atoms with Gasteiger partial charge < -0.3 is 10.1 Å². The number of carbonyl (C=O) groups is 1. The van der Waals surface area contributed by atoms with E-state index in [1.807, 2.05) is 34.9 Å². The summed E-state index contributed by atoms with van der Waals surface area (Å²) in [6, 6.07) is 16.2. The van der Waals surface area contributed by atoms with Crippen LogP contribution in [0.1, 0.15) is 38.3 Å². The molecule has 1 fully saturated rings. The van der Waals surface area contributed by atoms with Crippen molar-refractivity contribution in [1.29, 1.82) is 0 Å². The van der Waals surface area contributed by atoms with Gasteiger partial charge in [-0.3, -0.25) is 9.36 Å². The molecule has 4 rings (SSSR count). The summed E-state index contributed by atoms with van der Waals surface area (Å²) < 4.78 is 21.2. The van der Waals surface area contributed by atoms with E-state index in [-0.39, 0.29) is 35.5 Å². The van der Waals surface area contributed by atoms with Crippen molar-refractivity contribution in [2.45, 2.75) is 50.5 Å². The van der Waals surface area contributed by atoms with E-state index >= 15 is 0 Å². The first-order chi connectivity index (χ1) is 16.0. The lowest BCUT2D eigenvalue weighted by atomic mass is 9.96. The number of hydrogen-bond acceptors (Lipinski definition) is 5. The number of aromatic nitrogens is 3. The van der Waals surface area contributed by atoms with Crippen LogP contribution in [-0.4, -0.2) is 39.1 Å². The molecule has 6 nitrogen and oxygen atoms in total. The van der Waals surface area contributed by atoms with Gasteiger partial charge in [0.25, 0.3) is 0 Å². The number of nitrogens with zero attached hydrogens (tertiary/aromatic N) is 3. The van der Waals surface area contributed by atoms with E-state index in [4.69, 9.17) is 4.74 Å². The number of thioether (sulfide) groups is 1. The van der Waals surface area contributed by atoms with Gasteiger partial charge in [-0.25, -0.2) is 4.39 Å². The zero-order valence-electron chi connectivity index (χ0n) is 18.9. The predicted molar refractivity (Wildman–Crippen MR) is 127 cm³/mol. The highest BCUT2D eigenvalue weighted by Crippen LogP contribution is 2.27. The van der Waals surface area contributed by atoms with E-state index < -0.39 is 0 Å². The van der Waals surface area contributed by atoms with Crippen LogP contribution in [0.25, 0.3) is 11.4 Å². The molecule has 2 unspecified atom stereocenters. The summed E-state index contributed by atoms with van der Waals surface area (Å²) >= 11 is 1.35. The molecular weight excluding hydrogens is 439 g/mol. The molecule has 1 aliphatic rings. The molecular formula is C25H29FN4O2S. The molecule has 174 valence electrons. The zero-order chi connectivity index (χ0) is 23.2. The second-order valence-electron chi connectivity index (χ2n) is 8.55. The minimum absolute atomic E-state index is 0.0566. The molecule has 33 heavy (non-hydrogen) atoms. The number of amides is 1. The van der Waals surface area contributed by atoms with Crippen molar-refractivity contribution in [3.05, 3.63) is 66.0 Å². The lowest BCUT2D eigenvalue weighted by Gasteiger charge is -2.23. The lowest BCUT2D eigenvalue weighted by molar-refractivity contribution is -0.119. The molecule has 2 atom stereocenters. The quantitative estimate of drug-likeness (QED) is 0.454. The van der Waals surface area contributed by atoms with Crippen molar-refractivity contribution in [3.63, 3.8) is 0 Å². The molecule has 1 amide bonds. The van der Waals surface area contributed by atoms with E-state index in [2.05, 4.69) is 29.4 Å². The number of rotatable bonds is 9. The standard InChI is InChI=1S/C25H29FN4O2S/c1-17(2)23(18-7-4-3-5-8-18)27-22(31)16-33-25-29-28-24(19-10-12-20(26)13-11-19)30(25)15-21-9-6-14-32-21/h3-5,7-8,10-13,17,21,23H,6,9,14-16H2,1-2H3,(H,27,31). The van der Waals surface area contributed by atoms with Crippen LogP contribution in [0, 0.1) is 11.7 Å². The number of carbonyl (C=O) groups excluding carboxylic acids is 1. The van der Waals surface area contributed by atoms with E-state index in [1.54, 1.807) is 12.1 Å². The Morgan fingerprint density at radius 2 is 1.94 bits per heavy atom. The smallest absolute Gasteiger partial charge is 0.230 e. The fourth-order valence-corrected chi connectivity index (χ4v) is 4.76. The van der Waals surface area contributed by atoms with Gasteiger partial charge in [0.05, 0.1) is 24.4 Å². The average molecular weight is 469 g/mol. The van der Waals surface area contributed by atoms with Crippen molar-refractivity contribution in [1.82, 2.24) is 20.1 Å². The molecule has 1 aromatic heterocycles. The van der Waals surface area contributed by atoms with Crippen LogP contribution in [0.15, 0.2) is 59.8 Å². The molecule has 8 heteroatoms. The Hall–Kier alpha value is -2.71. The lowest BCUT2D eigenvalue weighted by Crippen LogP contribution is -2.33. The van der Waals surface area contributed by atoms with Gasteiger partial charge in [-0.2, -0.15) is 0 Å². The van der Waals surface area contributed by atoms with Gasteiger partial charge in [-0.05, 0) is 48.6 Å². The molecule has 1 saturated heterocycles. The first-order valence-corrected chi connectivity index (χ1v) is 12.3. The van der Waals surface area contributed by atoms with Crippen molar-refractivity contribution in [2.24, 2.45) is 5.92 Å². The maximum atomic E-state index is 13.4. The molecule has 0 bridgehead atoms. The maximum absolute atomic E-state index is 13.4. The minimum atomic E-state index is -0.298. The third-order valence-corrected chi connectivity index (χ3v) is 6.67. The van der Waals surface area contributed by atoms with Crippen LogP contribution in [-0.2, 0) is 16.1 Å². The van der Waals surface area contributed by atoms with E-state index in [1.165, 1.54) is 23.9 Å². The average Bonchev–Trinajstić information content (AvgIpc) is 3.47. The Morgan fingerprint density at radius 3 is 2.61 bits per heavy atom. The number of hydrogen-bond donors (Lipinski definition) is 1. The summed E-state index contributed by atoms with van der Waals surface area (Å²) in [7, 11) is 0. The minimum Gasteiger partial charge on any atom is -0.376 e. The van der Waals surface area contributed by atoms with Gasteiger partial charge in [0.2, 0.25) is 5.91 Å². The fraction of sp³-hybridized carbons (Fsp3) is 0.400. The van der Waals surface area contributed by atoms with E-state index in [0.717, 1.165) is 30.6 Å². The second-order valence-corrected chi connectivity index (χ2v) is 9.49. The van der Waals surface area contributed by atoms with Crippen LogP contribution < -0.4 is 5.32 Å². The Labute approximate surface area is 197 Å². The predicted octanol–water partition coefficient (Wildman–Crippen LogP) is 4.87. The normalized spacial score (nSPS) is 16.8. The Bertz CT molecular complexity index is 1050. The van der Waals surface area contributed by atoms with Crippen LogP contribution in [0.5, 0.6) is 0 Å². The Balaban J connectivity index is 1.48. The molecule has 0 aliphatic carbocycles. The summed E-state index contributed by atoms with van der Waals surface area (Å²) in [6.45, 7) is 5.54. The van der Waals surface area contributed by atoms with Crippen molar-refractivity contribution >= 4 is 17.7 Å². The van der Waals surface area contributed by atoms with Crippen LogP contribution >= 0.6 is 11.8 Å². The van der Waals surface area contributed by atoms with Gasteiger partial charge in [0.1, 0.15) is 5.82 Å². The highest BCUT2D eigenvalue weighted by Gasteiger charge is 2.23. The molecule has 1 N–H and O–H groups in total. The van der Waals surface area contributed by atoms with Gasteiger partial charge in [-0.15, -0.1) is 10.2 Å². The van der Waals surface area contributed by atoms with Crippen molar-refractivity contribution in [3.8, 4) is 11.4 Å². The molecule has 2 aromatic carbocycles. The van der Waals surface area contributed by atoms with Gasteiger partial charge in [0.15, 0.2) is 11.0 Å². The summed E-state index contributed by atoms with van der Waals surface area (Å²) in [5.41, 5.74) is 1.87. The van der Waals surface area contributed by atoms with Gasteiger partial charge in [0, 0.05) is 12.2 Å². The van der Waals surface area contributed by atoms with Crippen LogP contribution in [0.4, 0.5) is 4.39 Å². The zero-order valence-corrected chi connectivity index (χ0v) is 19.7. The molecule has 2 heterocycles. The number of benzene rings is 2. The second kappa shape index (κ2) is 10.9. The summed E-state index contributed by atoms with van der Waals surface area (Å²) in [5.74, 6) is 0.779. The third-order valence-electron chi connectivity index (χ3n) is 5.70. The molecule has 0 spiro atoms. The molecule has 0 saturated carbocycles. The fourth-order valence-electron chi connectivity index (χ4n) is 4.01. The summed E-state index contributed by atoms with van der Waals surface area (Å²) in [6.07, 6.45) is 2.08. The monoisotopic (exact) mass is 468 g/mol. The van der Waals surface area contributed by atoms with Crippen LogP contribution in [0.3, 0.4) is 0 Å². The van der Waals surface area contributed by atoms with E-state index in [9.17, 15) is 9.18 Å². The molecule has 3 aromatic rings. The largest absolute Gasteiger partial charge is 0.376 e. The van der Waals surface area contributed by atoms with Gasteiger partial charge >= 0.3 is 0 Å². The number of nitrogens with one attached hydrogen (secondary N) is 1. The Morgan fingerprint density at radius 1 is 1.18 bits per heavy atom. The third kappa shape index (κ3) is 6.00. The Kier molecular flexibility index (Phi) is 7.77. The van der Waals surface area contributed by atoms with Gasteiger partial charge in [-0.1, -0.05) is 55.9 Å². The number of halogens is 1. The summed E-state index contributed by atoms with van der Waals surface area (Å²) in [4.78, 5) is 12.8. The molecule has 1 aliphatic heterocycles. The number of ether oxygens (including phenoxy) is 1. The highest BCUT2D eigenvalue weighted by molar-refractivity contribution is 7.99. The first kappa shape index (κ1) is 23.4. The van der Waals surface area contributed by atoms with Crippen molar-refractivity contribution in [2.75, 3.05) is 12.4 Å². The van der Waals surface area contributed by atoms with Crippen molar-refractivity contribution < 1.29 is 13.9 Å². The van der Waals surface area contributed by atoms with Crippen LogP contribution in [0.2, 0.25) is 0 Å². The molecule has 0 radical (unpaired) electrons. The maximum Gasteiger partial charge on any atom is 0.230 e. The summed E-state index contributed by atoms with van der Waals surface area (Å²) in [5, 5.41) is 12.5.